The second-order valence-corrected chi connectivity index (χ2v) is 3.76. The molecule has 0 saturated carbocycles. The summed E-state index contributed by atoms with van der Waals surface area (Å²) >= 11 is 0. The van der Waals surface area contributed by atoms with Crippen molar-refractivity contribution in [3.8, 4) is 0 Å². The van der Waals surface area contributed by atoms with Crippen LogP contribution in [0, 0.1) is 0 Å². The zero-order valence-electron chi connectivity index (χ0n) is 7.79. The van der Waals surface area contributed by atoms with Crippen molar-refractivity contribution in [3.05, 3.63) is 0 Å². The number of nitrogens with one attached hydrogen (secondary N) is 1. The fraction of sp³-hybridized carbons (Fsp3) is 0.889. The molecule has 2 saturated heterocycles. The molecule has 4 nitrogen and oxygen atoms in total. The van der Waals surface area contributed by atoms with Gasteiger partial charge in [0.15, 0.2) is 0 Å². The highest BCUT2D eigenvalue weighted by Gasteiger charge is 2.30. The Hall–Kier alpha value is -0.610. The summed E-state index contributed by atoms with van der Waals surface area (Å²) in [5.74, 6) is 0.0256. The van der Waals surface area contributed by atoms with Gasteiger partial charge in [0.1, 0.15) is 6.10 Å². The van der Waals surface area contributed by atoms with Gasteiger partial charge in [0.25, 0.3) is 0 Å². The van der Waals surface area contributed by atoms with Gasteiger partial charge in [0, 0.05) is 0 Å². The van der Waals surface area contributed by atoms with Crippen LogP contribution in [-0.4, -0.2) is 37.4 Å². The van der Waals surface area contributed by atoms with Crippen molar-refractivity contribution < 1.29 is 14.3 Å². The maximum Gasteiger partial charge on any atom is 0.249 e. The second kappa shape index (κ2) is 3.64. The number of rotatable bonds is 2. The lowest BCUT2D eigenvalue weighted by molar-refractivity contribution is -0.135. The van der Waals surface area contributed by atoms with Gasteiger partial charge in [0.05, 0.1) is 25.4 Å². The van der Waals surface area contributed by atoms with E-state index in [9.17, 15) is 4.79 Å². The van der Waals surface area contributed by atoms with Crippen molar-refractivity contribution in [2.45, 2.75) is 38.0 Å². The van der Waals surface area contributed by atoms with Crippen LogP contribution in [-0.2, 0) is 14.3 Å². The van der Waals surface area contributed by atoms with E-state index in [1.54, 1.807) is 0 Å². The highest BCUT2D eigenvalue weighted by Crippen LogP contribution is 2.19. The number of amides is 1. The third-order valence-electron chi connectivity index (χ3n) is 2.51. The topological polar surface area (TPSA) is 47.6 Å². The molecule has 0 spiro atoms. The van der Waals surface area contributed by atoms with Gasteiger partial charge >= 0.3 is 0 Å². The highest BCUT2D eigenvalue weighted by molar-refractivity contribution is 5.81. The average molecular weight is 185 g/mol. The summed E-state index contributed by atoms with van der Waals surface area (Å²) in [6.45, 7) is 3.29. The van der Waals surface area contributed by atoms with Gasteiger partial charge in [-0.2, -0.15) is 0 Å². The Kier molecular flexibility index (Phi) is 2.51. The lowest BCUT2D eigenvalue weighted by Crippen LogP contribution is -2.51. The van der Waals surface area contributed by atoms with Gasteiger partial charge in [0.2, 0.25) is 5.91 Å². The first-order chi connectivity index (χ1) is 6.25. The molecule has 1 amide bonds. The molecule has 2 unspecified atom stereocenters. The normalized spacial score (nSPS) is 34.2. The zero-order valence-corrected chi connectivity index (χ0v) is 7.79. The van der Waals surface area contributed by atoms with Crippen molar-refractivity contribution in [2.24, 2.45) is 0 Å². The predicted octanol–water partition coefficient (Wildman–Crippen LogP) is 0.0689. The summed E-state index contributed by atoms with van der Waals surface area (Å²) in [6, 6.07) is 0.215. The standard InChI is InChI=1S/C9H15NO3/c1-6-2-3-8(13-6)9(11)10-7-4-12-5-7/h6-8H,2-5H2,1H3,(H,10,11). The van der Waals surface area contributed by atoms with E-state index in [0.717, 1.165) is 12.8 Å². The van der Waals surface area contributed by atoms with Gasteiger partial charge < -0.3 is 14.8 Å². The molecule has 2 rings (SSSR count). The van der Waals surface area contributed by atoms with E-state index >= 15 is 0 Å². The highest BCUT2D eigenvalue weighted by atomic mass is 16.5. The number of hydrogen-bond donors (Lipinski definition) is 1. The molecule has 0 aliphatic carbocycles. The van der Waals surface area contributed by atoms with E-state index in [1.165, 1.54) is 0 Å². The van der Waals surface area contributed by atoms with E-state index in [0.29, 0.717) is 13.2 Å². The Labute approximate surface area is 77.6 Å². The molecule has 0 radical (unpaired) electrons. The van der Waals surface area contributed by atoms with Crippen LogP contribution in [0.3, 0.4) is 0 Å². The van der Waals surface area contributed by atoms with Crippen LogP contribution < -0.4 is 5.32 Å². The van der Waals surface area contributed by atoms with Crippen LogP contribution in [0.2, 0.25) is 0 Å². The number of carbonyl (C=O) groups excluding carboxylic acids is 1. The third-order valence-corrected chi connectivity index (χ3v) is 2.51. The first-order valence-electron chi connectivity index (χ1n) is 4.79. The second-order valence-electron chi connectivity index (χ2n) is 3.76. The monoisotopic (exact) mass is 185 g/mol. The Morgan fingerprint density at radius 1 is 1.38 bits per heavy atom. The molecule has 0 aromatic carbocycles. The summed E-state index contributed by atoms with van der Waals surface area (Å²) < 4.78 is 10.4. The Bertz CT molecular complexity index is 203. The summed E-state index contributed by atoms with van der Waals surface area (Å²) in [7, 11) is 0. The molecule has 2 aliphatic heterocycles. The third kappa shape index (κ3) is 2.00. The van der Waals surface area contributed by atoms with Crippen LogP contribution in [0.4, 0.5) is 0 Å². The fourth-order valence-electron chi connectivity index (χ4n) is 1.61. The van der Waals surface area contributed by atoms with Gasteiger partial charge in [-0.3, -0.25) is 4.79 Å². The van der Waals surface area contributed by atoms with Gasteiger partial charge in [-0.25, -0.2) is 0 Å². The summed E-state index contributed by atoms with van der Waals surface area (Å²) in [5.41, 5.74) is 0. The van der Waals surface area contributed by atoms with E-state index in [-0.39, 0.29) is 24.2 Å². The minimum Gasteiger partial charge on any atom is -0.377 e. The van der Waals surface area contributed by atoms with E-state index < -0.39 is 0 Å². The Morgan fingerprint density at radius 2 is 2.15 bits per heavy atom. The quantitative estimate of drug-likeness (QED) is 0.662. The molecule has 2 atom stereocenters. The number of carbonyl (C=O) groups is 1. The fourth-order valence-corrected chi connectivity index (χ4v) is 1.61. The lowest BCUT2D eigenvalue weighted by Gasteiger charge is -2.27. The minimum absolute atomic E-state index is 0.0256. The van der Waals surface area contributed by atoms with Crippen molar-refractivity contribution in [3.63, 3.8) is 0 Å². The van der Waals surface area contributed by atoms with Gasteiger partial charge in [-0.1, -0.05) is 0 Å². The van der Waals surface area contributed by atoms with Crippen LogP contribution >= 0.6 is 0 Å². The first kappa shape index (κ1) is 8.97. The van der Waals surface area contributed by atoms with E-state index in [1.807, 2.05) is 6.92 Å². The minimum atomic E-state index is -0.226. The van der Waals surface area contributed by atoms with Crippen LogP contribution in [0.5, 0.6) is 0 Å². The molecule has 2 heterocycles. The predicted molar refractivity (Wildman–Crippen MR) is 46.3 cm³/mol. The largest absolute Gasteiger partial charge is 0.377 e. The smallest absolute Gasteiger partial charge is 0.249 e. The Balaban J connectivity index is 1.76. The number of hydrogen-bond acceptors (Lipinski definition) is 3. The first-order valence-corrected chi connectivity index (χ1v) is 4.79. The molecule has 2 aliphatic rings. The Morgan fingerprint density at radius 3 is 2.62 bits per heavy atom. The maximum atomic E-state index is 11.5. The SMILES string of the molecule is CC1CCC(C(=O)NC2COC2)O1. The zero-order chi connectivity index (χ0) is 9.26. The molecule has 4 heteroatoms. The maximum absolute atomic E-state index is 11.5. The summed E-state index contributed by atoms with van der Waals surface area (Å²) in [5, 5.41) is 2.89. The van der Waals surface area contributed by atoms with E-state index in [4.69, 9.17) is 9.47 Å². The summed E-state index contributed by atoms with van der Waals surface area (Å²) in [6.07, 6.45) is 1.84. The molecule has 74 valence electrons. The van der Waals surface area contributed by atoms with Crippen LogP contribution in [0.1, 0.15) is 19.8 Å². The molecule has 0 bridgehead atoms. The molecular weight excluding hydrogens is 170 g/mol. The average Bonchev–Trinajstić information content (AvgIpc) is 2.44. The molecule has 13 heavy (non-hydrogen) atoms. The van der Waals surface area contributed by atoms with Crippen molar-refractivity contribution >= 4 is 5.91 Å². The van der Waals surface area contributed by atoms with Crippen molar-refractivity contribution in [1.29, 1.82) is 0 Å². The number of ether oxygens (including phenoxy) is 2. The molecular formula is C9H15NO3. The molecule has 2 fully saturated rings. The van der Waals surface area contributed by atoms with Gasteiger partial charge in [-0.15, -0.1) is 0 Å². The lowest BCUT2D eigenvalue weighted by atomic mass is 10.2. The van der Waals surface area contributed by atoms with Crippen LogP contribution in [0.25, 0.3) is 0 Å². The molecule has 0 aromatic heterocycles. The van der Waals surface area contributed by atoms with Gasteiger partial charge in [-0.05, 0) is 19.8 Å². The van der Waals surface area contributed by atoms with Crippen molar-refractivity contribution in [2.75, 3.05) is 13.2 Å². The molecule has 0 aromatic rings. The van der Waals surface area contributed by atoms with Crippen molar-refractivity contribution in [1.82, 2.24) is 5.32 Å². The van der Waals surface area contributed by atoms with Crippen LogP contribution in [0.15, 0.2) is 0 Å². The summed E-state index contributed by atoms with van der Waals surface area (Å²) in [4.78, 5) is 11.5. The van der Waals surface area contributed by atoms with E-state index in [2.05, 4.69) is 5.32 Å². The molecule has 1 N–H and O–H groups in total.